The Morgan fingerprint density at radius 2 is 2.31 bits per heavy atom. The molecule has 94 valence electrons. The predicted molar refractivity (Wildman–Crippen MR) is 61.0 cm³/mol. The molecule has 0 aliphatic carbocycles. The van der Waals surface area contributed by atoms with E-state index in [0.29, 0.717) is 6.54 Å². The van der Waals surface area contributed by atoms with Crippen molar-refractivity contribution in [3.63, 3.8) is 0 Å². The van der Waals surface area contributed by atoms with Crippen LogP contribution in [-0.4, -0.2) is 58.9 Å². The Kier molecular flexibility index (Phi) is 4.70. The summed E-state index contributed by atoms with van der Waals surface area (Å²) >= 11 is 0. The highest BCUT2D eigenvalue weighted by molar-refractivity contribution is 5.82. The second kappa shape index (κ2) is 5.61. The first kappa shape index (κ1) is 13.4. The van der Waals surface area contributed by atoms with Gasteiger partial charge in [-0.2, -0.15) is 0 Å². The Hall–Kier alpha value is -0.650. The van der Waals surface area contributed by atoms with Gasteiger partial charge >= 0.3 is 0 Å². The molecule has 0 radical (unpaired) electrons. The molecule has 1 fully saturated rings. The van der Waals surface area contributed by atoms with Crippen LogP contribution in [0.5, 0.6) is 0 Å². The fraction of sp³-hybridized carbons (Fsp3) is 0.909. The van der Waals surface area contributed by atoms with E-state index in [4.69, 9.17) is 5.11 Å². The van der Waals surface area contributed by atoms with Crippen molar-refractivity contribution in [3.8, 4) is 0 Å². The highest BCUT2D eigenvalue weighted by Crippen LogP contribution is 2.15. The van der Waals surface area contributed by atoms with Crippen LogP contribution in [0.1, 0.15) is 26.7 Å². The Bertz CT molecular complexity index is 241. The van der Waals surface area contributed by atoms with Gasteiger partial charge in [-0.3, -0.25) is 4.79 Å². The minimum absolute atomic E-state index is 0.0295. The number of aliphatic hydroxyl groups excluding tert-OH is 1. The summed E-state index contributed by atoms with van der Waals surface area (Å²) in [5.74, 6) is 0.0295. The van der Waals surface area contributed by atoms with Gasteiger partial charge in [0.1, 0.15) is 5.60 Å². The minimum atomic E-state index is -1.20. The van der Waals surface area contributed by atoms with E-state index in [9.17, 15) is 9.90 Å². The molecule has 0 aromatic rings. The zero-order valence-electron chi connectivity index (χ0n) is 10.1. The molecule has 5 nitrogen and oxygen atoms in total. The van der Waals surface area contributed by atoms with E-state index in [1.165, 1.54) is 6.92 Å². The molecule has 2 unspecified atom stereocenters. The molecule has 2 atom stereocenters. The smallest absolute Gasteiger partial charge is 0.239 e. The highest BCUT2D eigenvalue weighted by Gasteiger charge is 2.32. The van der Waals surface area contributed by atoms with Gasteiger partial charge < -0.3 is 20.4 Å². The lowest BCUT2D eigenvalue weighted by molar-refractivity contribution is -0.140. The molecule has 0 spiro atoms. The second-order valence-electron chi connectivity index (χ2n) is 4.67. The molecular weight excluding hydrogens is 208 g/mol. The molecule has 3 N–H and O–H groups in total. The first-order chi connectivity index (χ1) is 7.50. The molecule has 5 heteroatoms. The average Bonchev–Trinajstić information content (AvgIpc) is 2.24. The number of rotatable bonds is 5. The quantitative estimate of drug-likeness (QED) is 0.586. The minimum Gasteiger partial charge on any atom is -0.393 e. The van der Waals surface area contributed by atoms with Gasteiger partial charge in [-0.15, -0.1) is 0 Å². The van der Waals surface area contributed by atoms with Gasteiger partial charge in [0.2, 0.25) is 5.91 Å². The van der Waals surface area contributed by atoms with Crippen molar-refractivity contribution >= 4 is 5.91 Å². The average molecular weight is 230 g/mol. The van der Waals surface area contributed by atoms with Crippen LogP contribution in [0, 0.1) is 0 Å². The highest BCUT2D eigenvalue weighted by atomic mass is 16.3. The zero-order chi connectivity index (χ0) is 12.2. The summed E-state index contributed by atoms with van der Waals surface area (Å²) in [6.45, 7) is 4.80. The molecule has 1 aliphatic rings. The van der Waals surface area contributed by atoms with Crippen LogP contribution in [0.15, 0.2) is 0 Å². The summed E-state index contributed by atoms with van der Waals surface area (Å²) in [7, 11) is 0. The molecule has 1 rings (SSSR count). The van der Waals surface area contributed by atoms with Crippen molar-refractivity contribution in [2.45, 2.75) is 38.3 Å². The number of likely N-dealkylation sites (tertiary alicyclic amines) is 1. The third-order valence-electron chi connectivity index (χ3n) is 2.85. The van der Waals surface area contributed by atoms with E-state index < -0.39 is 5.60 Å². The monoisotopic (exact) mass is 230 g/mol. The van der Waals surface area contributed by atoms with Crippen molar-refractivity contribution in [3.05, 3.63) is 0 Å². The van der Waals surface area contributed by atoms with E-state index in [-0.39, 0.29) is 25.1 Å². The second-order valence-corrected chi connectivity index (χ2v) is 4.67. The number of hydrogen-bond acceptors (Lipinski definition) is 4. The fourth-order valence-electron chi connectivity index (χ4n) is 1.99. The molecule has 1 aliphatic heterocycles. The maximum absolute atomic E-state index is 12.0. The van der Waals surface area contributed by atoms with Crippen LogP contribution in [0.3, 0.4) is 0 Å². The number of carbonyl (C=O) groups is 1. The van der Waals surface area contributed by atoms with Crippen LogP contribution >= 0.6 is 0 Å². The van der Waals surface area contributed by atoms with Gasteiger partial charge in [0, 0.05) is 6.54 Å². The normalized spacial score (nSPS) is 25.6. The summed E-state index contributed by atoms with van der Waals surface area (Å²) in [5.41, 5.74) is -1.20. The number of nitrogens with zero attached hydrogens (tertiary/aromatic N) is 1. The first-order valence-corrected chi connectivity index (χ1v) is 5.85. The maximum Gasteiger partial charge on any atom is 0.239 e. The maximum atomic E-state index is 12.0. The van der Waals surface area contributed by atoms with E-state index in [2.05, 4.69) is 5.32 Å². The van der Waals surface area contributed by atoms with Gasteiger partial charge in [-0.05, 0) is 26.3 Å². The molecule has 1 heterocycles. The van der Waals surface area contributed by atoms with E-state index in [1.54, 1.807) is 4.90 Å². The third-order valence-corrected chi connectivity index (χ3v) is 2.85. The van der Waals surface area contributed by atoms with E-state index >= 15 is 0 Å². The lowest BCUT2D eigenvalue weighted by Gasteiger charge is -2.36. The van der Waals surface area contributed by atoms with Gasteiger partial charge in [-0.1, -0.05) is 6.92 Å². The number of amides is 1. The standard InChI is InChI=1S/C11H22N2O3/c1-3-12-9-5-4-6-13(10(9)15)7-11(2,16)8-14/h9,12,14,16H,3-8H2,1-2H3. The predicted octanol–water partition coefficient (Wildman–Crippen LogP) is -0.670. The van der Waals surface area contributed by atoms with Crippen molar-refractivity contribution < 1.29 is 15.0 Å². The van der Waals surface area contributed by atoms with Gasteiger partial charge in [0.05, 0.1) is 19.2 Å². The number of piperidine rings is 1. The summed E-state index contributed by atoms with van der Waals surface area (Å²) in [5, 5.41) is 21.9. The number of carbonyl (C=O) groups excluding carboxylic acids is 1. The van der Waals surface area contributed by atoms with E-state index in [1.807, 2.05) is 6.92 Å². The molecule has 1 amide bonds. The van der Waals surface area contributed by atoms with E-state index in [0.717, 1.165) is 19.4 Å². The molecular formula is C11H22N2O3. The lowest BCUT2D eigenvalue weighted by Crippen LogP contribution is -2.55. The van der Waals surface area contributed by atoms with Crippen molar-refractivity contribution in [2.24, 2.45) is 0 Å². The number of hydrogen-bond donors (Lipinski definition) is 3. The number of likely N-dealkylation sites (N-methyl/N-ethyl adjacent to an activating group) is 1. The Morgan fingerprint density at radius 3 is 2.88 bits per heavy atom. The number of aliphatic hydroxyl groups is 2. The summed E-state index contributed by atoms with van der Waals surface area (Å²) in [4.78, 5) is 13.6. The third kappa shape index (κ3) is 3.43. The van der Waals surface area contributed by atoms with Gasteiger partial charge in [0.25, 0.3) is 0 Å². The molecule has 0 bridgehead atoms. The fourth-order valence-corrected chi connectivity index (χ4v) is 1.99. The van der Waals surface area contributed by atoms with Crippen LogP contribution < -0.4 is 5.32 Å². The SMILES string of the molecule is CCNC1CCCN(CC(C)(O)CO)C1=O. The number of nitrogens with one attached hydrogen (secondary N) is 1. The first-order valence-electron chi connectivity index (χ1n) is 5.85. The van der Waals surface area contributed by atoms with Crippen molar-refractivity contribution in [1.29, 1.82) is 0 Å². The molecule has 1 saturated heterocycles. The van der Waals surface area contributed by atoms with Gasteiger partial charge in [0.15, 0.2) is 0 Å². The summed E-state index contributed by atoms with van der Waals surface area (Å²) in [6.07, 6.45) is 1.79. The topological polar surface area (TPSA) is 72.8 Å². The largest absolute Gasteiger partial charge is 0.393 e. The van der Waals surface area contributed by atoms with Crippen LogP contribution in [0.25, 0.3) is 0 Å². The van der Waals surface area contributed by atoms with Crippen molar-refractivity contribution in [1.82, 2.24) is 10.2 Å². The Morgan fingerprint density at radius 1 is 1.62 bits per heavy atom. The van der Waals surface area contributed by atoms with Crippen LogP contribution in [0.2, 0.25) is 0 Å². The molecule has 0 saturated carbocycles. The zero-order valence-corrected chi connectivity index (χ0v) is 10.1. The molecule has 16 heavy (non-hydrogen) atoms. The van der Waals surface area contributed by atoms with Gasteiger partial charge in [-0.25, -0.2) is 0 Å². The van der Waals surface area contributed by atoms with Crippen molar-refractivity contribution in [2.75, 3.05) is 26.2 Å². The Balaban J connectivity index is 2.57. The van der Waals surface area contributed by atoms with Crippen LogP contribution in [0.4, 0.5) is 0 Å². The van der Waals surface area contributed by atoms with Crippen LogP contribution in [-0.2, 0) is 4.79 Å². The summed E-state index contributed by atoms with van der Waals surface area (Å²) in [6, 6.07) is -0.131. The molecule has 0 aromatic carbocycles. The summed E-state index contributed by atoms with van der Waals surface area (Å²) < 4.78 is 0. The Labute approximate surface area is 96.4 Å². The lowest BCUT2D eigenvalue weighted by atomic mass is 10.0. The number of β-amino-alcohol motifs (C(OH)–C–C–N with tert-alkyl or cyclic N) is 1. The molecule has 0 aromatic heterocycles.